The van der Waals surface area contributed by atoms with Crippen LogP contribution in [-0.4, -0.2) is 30.2 Å². The molecule has 110 valence electrons. The third kappa shape index (κ3) is 5.30. The van der Waals surface area contributed by atoms with Gasteiger partial charge in [0.1, 0.15) is 0 Å². The van der Waals surface area contributed by atoms with Crippen molar-refractivity contribution in [2.75, 3.05) is 18.5 Å². The van der Waals surface area contributed by atoms with Gasteiger partial charge >= 0.3 is 5.97 Å². The molecule has 0 aliphatic carbocycles. The van der Waals surface area contributed by atoms with Crippen LogP contribution in [0.4, 0.5) is 5.69 Å². The Labute approximate surface area is 126 Å². The highest BCUT2D eigenvalue weighted by Gasteiger charge is 2.10. The fourth-order valence-electron chi connectivity index (χ4n) is 1.57. The predicted molar refractivity (Wildman–Crippen MR) is 79.7 cm³/mol. The van der Waals surface area contributed by atoms with Crippen LogP contribution in [0.25, 0.3) is 0 Å². The number of benzene rings is 1. The summed E-state index contributed by atoms with van der Waals surface area (Å²) >= 11 is 3.31. The van der Waals surface area contributed by atoms with Crippen molar-refractivity contribution in [3.05, 3.63) is 28.2 Å². The molecule has 0 bridgehead atoms. The number of hydrogen-bond acceptors (Lipinski definition) is 4. The number of unbranched alkanes of at least 4 members (excludes halogenated alkanes) is 1. The number of esters is 1. The van der Waals surface area contributed by atoms with Crippen molar-refractivity contribution in [3.8, 4) is 0 Å². The molecule has 0 heterocycles. The van der Waals surface area contributed by atoms with Gasteiger partial charge in [0.25, 0.3) is 0 Å². The van der Waals surface area contributed by atoms with Crippen LogP contribution in [0.15, 0.2) is 22.7 Å². The van der Waals surface area contributed by atoms with E-state index in [0.29, 0.717) is 41.6 Å². The Bertz CT molecular complexity index is 476. The van der Waals surface area contributed by atoms with Gasteiger partial charge in [0.05, 0.1) is 17.9 Å². The second-order valence-corrected chi connectivity index (χ2v) is 5.00. The number of hydrogen-bond donors (Lipinski definition) is 2. The number of anilines is 1. The number of nitrogens with one attached hydrogen (secondary N) is 1. The average molecular weight is 344 g/mol. The van der Waals surface area contributed by atoms with E-state index in [2.05, 4.69) is 21.2 Å². The zero-order valence-corrected chi connectivity index (χ0v) is 12.9. The minimum Gasteiger partial charge on any atom is -0.462 e. The summed E-state index contributed by atoms with van der Waals surface area (Å²) in [5.74, 6) is -0.517. The lowest BCUT2D eigenvalue weighted by Crippen LogP contribution is -2.12. The molecule has 1 aromatic carbocycles. The van der Waals surface area contributed by atoms with E-state index in [1.807, 2.05) is 0 Å². The topological polar surface area (TPSA) is 75.6 Å². The molecule has 6 heteroatoms. The fraction of sp³-hybridized carbons (Fsp3) is 0.429. The van der Waals surface area contributed by atoms with E-state index < -0.39 is 5.97 Å². The van der Waals surface area contributed by atoms with Gasteiger partial charge in [-0.05, 0) is 53.9 Å². The van der Waals surface area contributed by atoms with Gasteiger partial charge in [-0.3, -0.25) is 4.79 Å². The number of rotatable bonds is 7. The maximum absolute atomic E-state index is 11.7. The molecule has 5 nitrogen and oxygen atoms in total. The molecule has 0 radical (unpaired) electrons. The first-order valence-electron chi connectivity index (χ1n) is 6.45. The molecule has 0 saturated carbocycles. The van der Waals surface area contributed by atoms with Gasteiger partial charge in [-0.1, -0.05) is 0 Å². The Morgan fingerprint density at radius 3 is 2.70 bits per heavy atom. The van der Waals surface area contributed by atoms with Gasteiger partial charge in [0, 0.05) is 17.5 Å². The first-order chi connectivity index (χ1) is 9.58. The molecule has 0 unspecified atom stereocenters. The van der Waals surface area contributed by atoms with Gasteiger partial charge in [0.2, 0.25) is 5.91 Å². The Kier molecular flexibility index (Phi) is 7.25. The molecule has 0 aliphatic rings. The molecule has 1 rings (SSSR count). The number of amides is 1. The van der Waals surface area contributed by atoms with E-state index in [4.69, 9.17) is 9.84 Å². The zero-order chi connectivity index (χ0) is 15.0. The average Bonchev–Trinajstić information content (AvgIpc) is 2.41. The summed E-state index contributed by atoms with van der Waals surface area (Å²) in [6, 6.07) is 4.87. The highest BCUT2D eigenvalue weighted by molar-refractivity contribution is 9.10. The molecule has 0 atom stereocenters. The second-order valence-electron chi connectivity index (χ2n) is 4.14. The Hall–Kier alpha value is -1.40. The lowest BCUT2D eigenvalue weighted by Gasteiger charge is -2.09. The minimum atomic E-state index is -0.394. The Morgan fingerprint density at radius 1 is 1.35 bits per heavy atom. The van der Waals surface area contributed by atoms with E-state index >= 15 is 0 Å². The van der Waals surface area contributed by atoms with Gasteiger partial charge in [-0.2, -0.15) is 0 Å². The van der Waals surface area contributed by atoms with Crippen LogP contribution in [0, 0.1) is 0 Å². The van der Waals surface area contributed by atoms with E-state index in [1.165, 1.54) is 0 Å². The Morgan fingerprint density at radius 2 is 2.10 bits per heavy atom. The summed E-state index contributed by atoms with van der Waals surface area (Å²) in [6.07, 6.45) is 1.60. The van der Waals surface area contributed by atoms with Gasteiger partial charge < -0.3 is 15.2 Å². The normalized spacial score (nSPS) is 10.2. The number of carbonyl (C=O) groups excluding carboxylic acids is 2. The van der Waals surface area contributed by atoms with Crippen molar-refractivity contribution >= 4 is 33.5 Å². The summed E-state index contributed by atoms with van der Waals surface area (Å²) < 4.78 is 5.52. The van der Waals surface area contributed by atoms with Crippen LogP contribution in [-0.2, 0) is 9.53 Å². The second kappa shape index (κ2) is 8.71. The molecule has 20 heavy (non-hydrogen) atoms. The monoisotopic (exact) mass is 343 g/mol. The number of halogens is 1. The summed E-state index contributed by atoms with van der Waals surface area (Å²) in [7, 11) is 0. The van der Waals surface area contributed by atoms with Crippen molar-refractivity contribution in [3.63, 3.8) is 0 Å². The standard InChI is InChI=1S/C14H18BrNO4/c1-2-20-14(19)10-6-7-12(11(15)9-10)16-13(18)5-3-4-8-17/h6-7,9,17H,2-5,8H2,1H3,(H,16,18). The molecule has 1 amide bonds. The van der Waals surface area contributed by atoms with Crippen LogP contribution in [0.1, 0.15) is 36.5 Å². The van der Waals surface area contributed by atoms with Crippen LogP contribution >= 0.6 is 15.9 Å². The predicted octanol–water partition coefficient (Wildman–Crippen LogP) is 2.73. The zero-order valence-electron chi connectivity index (χ0n) is 11.3. The Balaban J connectivity index is 2.64. The van der Waals surface area contributed by atoms with Crippen LogP contribution in [0.5, 0.6) is 0 Å². The summed E-state index contributed by atoms with van der Waals surface area (Å²) in [5, 5.41) is 11.4. The molecule has 0 saturated heterocycles. The van der Waals surface area contributed by atoms with E-state index in [-0.39, 0.29) is 12.5 Å². The number of aliphatic hydroxyl groups excluding tert-OH is 1. The van der Waals surface area contributed by atoms with Crippen molar-refractivity contribution in [1.29, 1.82) is 0 Å². The molecule has 0 aliphatic heterocycles. The maximum Gasteiger partial charge on any atom is 0.338 e. The van der Waals surface area contributed by atoms with Crippen molar-refractivity contribution in [1.82, 2.24) is 0 Å². The lowest BCUT2D eigenvalue weighted by atomic mass is 10.2. The molecule has 0 spiro atoms. The number of aliphatic hydroxyl groups is 1. The van der Waals surface area contributed by atoms with Crippen LogP contribution in [0.3, 0.4) is 0 Å². The summed E-state index contributed by atoms with van der Waals surface area (Å²) in [6.45, 7) is 2.15. The smallest absolute Gasteiger partial charge is 0.338 e. The van der Waals surface area contributed by atoms with E-state index in [1.54, 1.807) is 25.1 Å². The highest BCUT2D eigenvalue weighted by Crippen LogP contribution is 2.24. The molecular formula is C14H18BrNO4. The van der Waals surface area contributed by atoms with Gasteiger partial charge in [-0.15, -0.1) is 0 Å². The summed E-state index contributed by atoms with van der Waals surface area (Å²) in [5.41, 5.74) is 1.03. The third-order valence-electron chi connectivity index (χ3n) is 2.57. The fourth-order valence-corrected chi connectivity index (χ4v) is 2.05. The van der Waals surface area contributed by atoms with Gasteiger partial charge in [0.15, 0.2) is 0 Å². The molecule has 0 aromatic heterocycles. The molecule has 0 fully saturated rings. The van der Waals surface area contributed by atoms with Crippen molar-refractivity contribution < 1.29 is 19.4 Å². The maximum atomic E-state index is 11.7. The van der Waals surface area contributed by atoms with Crippen LogP contribution < -0.4 is 5.32 Å². The van der Waals surface area contributed by atoms with Crippen molar-refractivity contribution in [2.45, 2.75) is 26.2 Å². The van der Waals surface area contributed by atoms with Crippen molar-refractivity contribution in [2.24, 2.45) is 0 Å². The SMILES string of the molecule is CCOC(=O)c1ccc(NC(=O)CCCCO)c(Br)c1. The number of carbonyl (C=O) groups is 2. The highest BCUT2D eigenvalue weighted by atomic mass is 79.9. The third-order valence-corrected chi connectivity index (χ3v) is 3.22. The van der Waals surface area contributed by atoms with Crippen LogP contribution in [0.2, 0.25) is 0 Å². The van der Waals surface area contributed by atoms with E-state index in [0.717, 1.165) is 0 Å². The molecule has 2 N–H and O–H groups in total. The quantitative estimate of drug-likeness (QED) is 0.589. The van der Waals surface area contributed by atoms with E-state index in [9.17, 15) is 9.59 Å². The molecule has 1 aromatic rings. The first-order valence-corrected chi connectivity index (χ1v) is 7.25. The first kappa shape index (κ1) is 16.7. The molecular weight excluding hydrogens is 326 g/mol. The minimum absolute atomic E-state index is 0.0885. The lowest BCUT2D eigenvalue weighted by molar-refractivity contribution is -0.116. The van der Waals surface area contributed by atoms with Gasteiger partial charge in [-0.25, -0.2) is 4.79 Å². The summed E-state index contributed by atoms with van der Waals surface area (Å²) in [4.78, 5) is 23.2. The largest absolute Gasteiger partial charge is 0.462 e. The number of ether oxygens (including phenoxy) is 1.